The van der Waals surface area contributed by atoms with Gasteiger partial charge in [-0.25, -0.2) is 0 Å². The van der Waals surface area contributed by atoms with Crippen LogP contribution in [-0.4, -0.2) is 67.4 Å². The van der Waals surface area contributed by atoms with Crippen molar-refractivity contribution < 1.29 is 4.74 Å². The number of morpholine rings is 1. The van der Waals surface area contributed by atoms with Gasteiger partial charge in [0.05, 0.1) is 23.3 Å². The lowest BCUT2D eigenvalue weighted by molar-refractivity contribution is -0.0329. The lowest BCUT2D eigenvalue weighted by Gasteiger charge is -2.40. The van der Waals surface area contributed by atoms with Gasteiger partial charge >= 0.3 is 0 Å². The summed E-state index contributed by atoms with van der Waals surface area (Å²) in [6.07, 6.45) is 2.02. The average Bonchev–Trinajstić information content (AvgIpc) is 3.29. The topological polar surface area (TPSA) is 67.7 Å². The molecule has 186 valence electrons. The van der Waals surface area contributed by atoms with Crippen molar-refractivity contribution >= 4 is 22.3 Å². The zero-order valence-electron chi connectivity index (χ0n) is 21.2. The van der Waals surface area contributed by atoms with E-state index in [0.717, 1.165) is 68.9 Å². The highest BCUT2D eigenvalue weighted by atomic mass is 16.5. The number of nitrogens with one attached hydrogen (secondary N) is 1. The predicted octanol–water partition coefficient (Wildman–Crippen LogP) is 3.51. The Morgan fingerprint density at radius 3 is 2.86 bits per heavy atom. The zero-order chi connectivity index (χ0) is 24.6. The minimum absolute atomic E-state index is 0.123. The van der Waals surface area contributed by atoms with E-state index in [9.17, 15) is 5.26 Å². The fourth-order valence-corrected chi connectivity index (χ4v) is 6.14. The molecule has 6 rings (SSSR count). The second-order valence-electron chi connectivity index (χ2n) is 10.5. The van der Waals surface area contributed by atoms with E-state index in [1.54, 1.807) is 6.20 Å². The zero-order valence-corrected chi connectivity index (χ0v) is 21.2. The molecule has 0 saturated carbocycles. The van der Waals surface area contributed by atoms with Crippen LogP contribution in [0.1, 0.15) is 30.5 Å². The predicted molar refractivity (Wildman–Crippen MR) is 143 cm³/mol. The molecule has 7 nitrogen and oxygen atoms in total. The summed E-state index contributed by atoms with van der Waals surface area (Å²) in [5, 5.41) is 14.0. The average molecular weight is 483 g/mol. The third-order valence-electron chi connectivity index (χ3n) is 7.81. The molecule has 0 spiro atoms. The van der Waals surface area contributed by atoms with E-state index in [4.69, 9.17) is 4.74 Å². The van der Waals surface area contributed by atoms with E-state index >= 15 is 0 Å². The van der Waals surface area contributed by atoms with Crippen LogP contribution >= 0.6 is 0 Å². The smallest absolute Gasteiger partial charge is 0.101 e. The molecule has 1 aromatic heterocycles. The number of nitrogens with zero attached hydrogens (tertiary/aromatic N) is 5. The Morgan fingerprint density at radius 1 is 1.11 bits per heavy atom. The summed E-state index contributed by atoms with van der Waals surface area (Å²) < 4.78 is 6.42. The Bertz CT molecular complexity index is 1300. The number of anilines is 2. The van der Waals surface area contributed by atoms with Crippen LogP contribution in [0.4, 0.5) is 11.4 Å². The highest BCUT2D eigenvalue weighted by molar-refractivity contribution is 5.95. The van der Waals surface area contributed by atoms with Crippen molar-refractivity contribution in [3.63, 3.8) is 0 Å². The fraction of sp³-hybridized carbons (Fsp3) is 0.448. The second-order valence-corrected chi connectivity index (χ2v) is 10.5. The van der Waals surface area contributed by atoms with Crippen molar-refractivity contribution in [1.82, 2.24) is 15.2 Å². The normalized spacial score (nSPS) is 24.6. The number of rotatable bonds is 4. The first-order valence-corrected chi connectivity index (χ1v) is 13.1. The van der Waals surface area contributed by atoms with Crippen LogP contribution in [0, 0.1) is 11.3 Å². The van der Waals surface area contributed by atoms with E-state index in [1.807, 2.05) is 12.1 Å². The molecule has 36 heavy (non-hydrogen) atoms. The van der Waals surface area contributed by atoms with E-state index in [1.165, 1.54) is 16.8 Å². The molecule has 3 aromatic rings. The van der Waals surface area contributed by atoms with Gasteiger partial charge in [-0.05, 0) is 61.4 Å². The summed E-state index contributed by atoms with van der Waals surface area (Å²) in [5.41, 5.74) is 6.76. The molecule has 0 aliphatic carbocycles. The highest BCUT2D eigenvalue weighted by Gasteiger charge is 2.30. The minimum Gasteiger partial charge on any atom is -0.370 e. The Labute approximate surface area is 213 Å². The SMILES string of the molecule is CC1CNCCN1c1ccc2c(c1)CN(C[C@H]1CN(c3ccc(C#N)c4ncccc34)C[C@@H](C)O1)C2. The molecule has 4 heterocycles. The standard InChI is InChI=1S/C29H34N6O/c1-20-14-31-10-11-35(20)25-7-5-23-16-33(17-24(23)12-25)18-26-19-34(15-21(2)36-26)28-8-6-22(13-30)29-27(28)4-3-9-32-29/h3-9,12,20-21,26,31H,10-11,14-19H2,1-2H3/t20?,21-,26+/m1/s1. The fourth-order valence-electron chi connectivity index (χ4n) is 6.14. The molecule has 1 N–H and O–H groups in total. The summed E-state index contributed by atoms with van der Waals surface area (Å²) in [4.78, 5) is 12.0. The summed E-state index contributed by atoms with van der Waals surface area (Å²) in [7, 11) is 0. The first-order chi connectivity index (χ1) is 17.6. The van der Waals surface area contributed by atoms with Crippen molar-refractivity contribution in [2.45, 2.75) is 45.2 Å². The van der Waals surface area contributed by atoms with Gasteiger partial charge in [0.2, 0.25) is 0 Å². The van der Waals surface area contributed by atoms with Gasteiger partial charge in [0.1, 0.15) is 6.07 Å². The quantitative estimate of drug-likeness (QED) is 0.610. The third kappa shape index (κ3) is 4.41. The number of nitriles is 1. The van der Waals surface area contributed by atoms with E-state index in [0.29, 0.717) is 11.6 Å². The molecule has 1 unspecified atom stereocenters. The largest absolute Gasteiger partial charge is 0.370 e. The first-order valence-electron chi connectivity index (χ1n) is 13.1. The van der Waals surface area contributed by atoms with Crippen molar-refractivity contribution in [3.8, 4) is 6.07 Å². The van der Waals surface area contributed by atoms with Gasteiger partial charge < -0.3 is 19.9 Å². The lowest BCUT2D eigenvalue weighted by Crippen LogP contribution is -2.50. The summed E-state index contributed by atoms with van der Waals surface area (Å²) in [6, 6.07) is 17.8. The van der Waals surface area contributed by atoms with Gasteiger partial charge in [-0.3, -0.25) is 9.88 Å². The van der Waals surface area contributed by atoms with Crippen LogP contribution in [0.5, 0.6) is 0 Å². The molecule has 0 amide bonds. The van der Waals surface area contributed by atoms with Crippen LogP contribution in [0.3, 0.4) is 0 Å². The first kappa shape index (κ1) is 23.2. The van der Waals surface area contributed by atoms with E-state index in [-0.39, 0.29) is 12.2 Å². The number of benzene rings is 2. The number of ether oxygens (including phenoxy) is 1. The van der Waals surface area contributed by atoms with Crippen molar-refractivity contribution in [1.29, 1.82) is 5.26 Å². The van der Waals surface area contributed by atoms with Crippen LogP contribution in [0.2, 0.25) is 0 Å². The Hall–Kier alpha value is -3.18. The van der Waals surface area contributed by atoms with Crippen LogP contribution in [0.25, 0.3) is 10.9 Å². The minimum atomic E-state index is 0.123. The number of piperazine rings is 1. The Balaban J connectivity index is 1.17. The summed E-state index contributed by atoms with van der Waals surface area (Å²) in [6.45, 7) is 12.1. The molecule has 3 atom stereocenters. The highest BCUT2D eigenvalue weighted by Crippen LogP contribution is 2.32. The molecule has 3 aliphatic heterocycles. The second kappa shape index (κ2) is 9.70. The van der Waals surface area contributed by atoms with Gasteiger partial charge in [0.25, 0.3) is 0 Å². The molecular formula is C29H34N6O. The van der Waals surface area contributed by atoms with E-state index in [2.05, 4.69) is 75.2 Å². The number of hydrogen-bond acceptors (Lipinski definition) is 7. The number of hydrogen-bond donors (Lipinski definition) is 1. The maximum Gasteiger partial charge on any atom is 0.101 e. The van der Waals surface area contributed by atoms with Crippen molar-refractivity contribution in [2.24, 2.45) is 0 Å². The van der Waals surface area contributed by atoms with Crippen LogP contribution in [-0.2, 0) is 17.8 Å². The molecule has 0 radical (unpaired) electrons. The van der Waals surface area contributed by atoms with Crippen molar-refractivity contribution in [3.05, 3.63) is 65.4 Å². The van der Waals surface area contributed by atoms with Gasteiger partial charge in [-0.1, -0.05) is 6.07 Å². The number of aromatic nitrogens is 1. The Kier molecular flexibility index (Phi) is 6.26. The van der Waals surface area contributed by atoms with E-state index < -0.39 is 0 Å². The monoisotopic (exact) mass is 482 g/mol. The summed E-state index contributed by atoms with van der Waals surface area (Å²) >= 11 is 0. The molecule has 7 heteroatoms. The van der Waals surface area contributed by atoms with Gasteiger partial charge in [0, 0.05) is 81.4 Å². The van der Waals surface area contributed by atoms with Crippen LogP contribution < -0.4 is 15.1 Å². The molecular weight excluding hydrogens is 448 g/mol. The molecule has 2 aromatic carbocycles. The maximum atomic E-state index is 9.52. The van der Waals surface area contributed by atoms with Gasteiger partial charge in [-0.15, -0.1) is 0 Å². The van der Waals surface area contributed by atoms with Crippen LogP contribution in [0.15, 0.2) is 48.7 Å². The third-order valence-corrected chi connectivity index (χ3v) is 7.81. The Morgan fingerprint density at radius 2 is 2.00 bits per heavy atom. The molecule has 2 saturated heterocycles. The van der Waals surface area contributed by atoms with Gasteiger partial charge in [-0.2, -0.15) is 5.26 Å². The molecule has 3 aliphatic rings. The maximum absolute atomic E-state index is 9.52. The van der Waals surface area contributed by atoms with Gasteiger partial charge in [0.15, 0.2) is 0 Å². The number of fused-ring (bicyclic) bond motifs is 2. The number of pyridine rings is 1. The molecule has 0 bridgehead atoms. The van der Waals surface area contributed by atoms with Crippen molar-refractivity contribution in [2.75, 3.05) is 49.1 Å². The molecule has 2 fully saturated rings. The lowest BCUT2D eigenvalue weighted by atomic mass is 10.1. The summed E-state index contributed by atoms with van der Waals surface area (Å²) in [5.74, 6) is 0.